The summed E-state index contributed by atoms with van der Waals surface area (Å²) in [7, 11) is 0. The molecule has 0 aromatic heterocycles. The van der Waals surface area contributed by atoms with Gasteiger partial charge in [-0.05, 0) is 20.3 Å². The highest BCUT2D eigenvalue weighted by Crippen LogP contribution is 2.10. The molecule has 3 nitrogen and oxygen atoms in total. The molecule has 0 aromatic carbocycles. The lowest BCUT2D eigenvalue weighted by atomic mass is 9.98. The lowest BCUT2D eigenvalue weighted by molar-refractivity contribution is -0.121. The van der Waals surface area contributed by atoms with Crippen molar-refractivity contribution in [2.45, 2.75) is 46.1 Å². The van der Waals surface area contributed by atoms with Gasteiger partial charge < -0.3 is 11.1 Å². The second-order valence-corrected chi connectivity index (χ2v) is 4.32. The Balaban J connectivity index is 3.80. The molecule has 0 fully saturated rings. The van der Waals surface area contributed by atoms with E-state index in [9.17, 15) is 4.79 Å². The minimum atomic E-state index is -0.236. The van der Waals surface area contributed by atoms with Crippen molar-refractivity contribution in [3.63, 3.8) is 0 Å². The predicted molar refractivity (Wildman–Crippen MR) is 55.3 cm³/mol. The minimum absolute atomic E-state index is 0.0869. The number of nitrogens with one attached hydrogen (secondary N) is 1. The van der Waals surface area contributed by atoms with E-state index in [0.717, 1.165) is 12.8 Å². The Morgan fingerprint density at radius 2 is 2.08 bits per heavy atom. The fourth-order valence-corrected chi connectivity index (χ4v) is 1.24. The maximum Gasteiger partial charge on any atom is 0.221 e. The summed E-state index contributed by atoms with van der Waals surface area (Å²) in [5.41, 5.74) is 5.27. The van der Waals surface area contributed by atoms with E-state index in [1.807, 2.05) is 6.92 Å². The lowest BCUT2D eigenvalue weighted by Crippen LogP contribution is -2.43. The van der Waals surface area contributed by atoms with Crippen LogP contribution < -0.4 is 11.1 Å². The molecule has 1 atom stereocenters. The van der Waals surface area contributed by atoms with Gasteiger partial charge in [-0.3, -0.25) is 4.79 Å². The van der Waals surface area contributed by atoms with Crippen molar-refractivity contribution >= 4 is 5.91 Å². The Morgan fingerprint density at radius 3 is 2.46 bits per heavy atom. The van der Waals surface area contributed by atoms with Crippen LogP contribution in [0.1, 0.15) is 40.5 Å². The zero-order chi connectivity index (χ0) is 10.5. The molecule has 0 saturated carbocycles. The molecule has 0 heterocycles. The Morgan fingerprint density at radius 1 is 1.54 bits per heavy atom. The highest BCUT2D eigenvalue weighted by Gasteiger charge is 2.17. The summed E-state index contributed by atoms with van der Waals surface area (Å²) in [5.74, 6) is -0.323. The van der Waals surface area contributed by atoms with Crippen LogP contribution in [0.4, 0.5) is 0 Å². The Labute approximate surface area is 81.1 Å². The van der Waals surface area contributed by atoms with Crippen molar-refractivity contribution < 1.29 is 4.79 Å². The number of amides is 1. The van der Waals surface area contributed by atoms with E-state index in [4.69, 9.17) is 5.73 Å². The number of hydrogen-bond donors (Lipinski definition) is 2. The standard InChI is InChI=1S/C10H22N2O/c1-5-6-10(3,4)12-7-8(2)9(11)13/h8,12H,5-7H2,1-4H3,(H2,11,13). The smallest absolute Gasteiger partial charge is 0.221 e. The third-order valence-corrected chi connectivity index (χ3v) is 2.25. The van der Waals surface area contributed by atoms with Crippen LogP contribution in [-0.2, 0) is 4.79 Å². The Bertz CT molecular complexity index is 166. The highest BCUT2D eigenvalue weighted by molar-refractivity contribution is 5.76. The summed E-state index contributed by atoms with van der Waals surface area (Å²) in [6.07, 6.45) is 2.25. The van der Waals surface area contributed by atoms with Gasteiger partial charge in [0.15, 0.2) is 0 Å². The van der Waals surface area contributed by atoms with Gasteiger partial charge in [0.05, 0.1) is 0 Å². The fourth-order valence-electron chi connectivity index (χ4n) is 1.24. The number of rotatable bonds is 6. The molecule has 13 heavy (non-hydrogen) atoms. The Hall–Kier alpha value is -0.570. The highest BCUT2D eigenvalue weighted by atomic mass is 16.1. The maximum absolute atomic E-state index is 10.8. The predicted octanol–water partition coefficient (Wildman–Crippen LogP) is 1.28. The molecule has 3 heteroatoms. The first-order chi connectivity index (χ1) is 5.89. The molecule has 0 spiro atoms. The van der Waals surface area contributed by atoms with Gasteiger partial charge in [-0.15, -0.1) is 0 Å². The average Bonchev–Trinajstić information content (AvgIpc) is 2.00. The lowest BCUT2D eigenvalue weighted by Gasteiger charge is -2.27. The number of carbonyl (C=O) groups is 1. The second-order valence-electron chi connectivity index (χ2n) is 4.32. The van der Waals surface area contributed by atoms with Crippen LogP contribution in [0.3, 0.4) is 0 Å². The van der Waals surface area contributed by atoms with Crippen molar-refractivity contribution in [1.29, 1.82) is 0 Å². The molecule has 0 aliphatic heterocycles. The molecule has 0 aromatic rings. The van der Waals surface area contributed by atoms with Gasteiger partial charge in [-0.1, -0.05) is 20.3 Å². The average molecular weight is 186 g/mol. The number of carbonyl (C=O) groups excluding carboxylic acids is 1. The first-order valence-electron chi connectivity index (χ1n) is 4.93. The number of hydrogen-bond acceptors (Lipinski definition) is 2. The van der Waals surface area contributed by atoms with E-state index >= 15 is 0 Å². The molecule has 0 rings (SSSR count). The first-order valence-corrected chi connectivity index (χ1v) is 4.93. The molecule has 1 unspecified atom stereocenters. The third-order valence-electron chi connectivity index (χ3n) is 2.25. The number of primary amides is 1. The third kappa shape index (κ3) is 5.64. The zero-order valence-corrected chi connectivity index (χ0v) is 9.18. The summed E-state index contributed by atoms with van der Waals surface area (Å²) in [6, 6.07) is 0. The van der Waals surface area contributed by atoms with E-state index in [0.29, 0.717) is 6.54 Å². The van der Waals surface area contributed by atoms with Crippen molar-refractivity contribution in [1.82, 2.24) is 5.32 Å². The van der Waals surface area contributed by atoms with E-state index < -0.39 is 0 Å². The summed E-state index contributed by atoms with van der Waals surface area (Å²) in [6.45, 7) is 8.95. The molecular weight excluding hydrogens is 164 g/mol. The van der Waals surface area contributed by atoms with Crippen LogP contribution >= 0.6 is 0 Å². The minimum Gasteiger partial charge on any atom is -0.369 e. The van der Waals surface area contributed by atoms with Gasteiger partial charge in [0.25, 0.3) is 0 Å². The first kappa shape index (κ1) is 12.4. The van der Waals surface area contributed by atoms with E-state index in [1.54, 1.807) is 0 Å². The summed E-state index contributed by atoms with van der Waals surface area (Å²) >= 11 is 0. The normalized spacial score (nSPS) is 14.2. The number of nitrogens with two attached hydrogens (primary N) is 1. The van der Waals surface area contributed by atoms with Crippen LogP contribution in [0, 0.1) is 5.92 Å². The molecule has 1 amide bonds. The molecule has 0 radical (unpaired) electrons. The van der Waals surface area contributed by atoms with Crippen molar-refractivity contribution in [2.75, 3.05) is 6.54 Å². The molecule has 0 saturated heterocycles. The van der Waals surface area contributed by atoms with E-state index in [2.05, 4.69) is 26.1 Å². The molecule has 0 aliphatic rings. The largest absolute Gasteiger partial charge is 0.369 e. The van der Waals surface area contributed by atoms with Crippen molar-refractivity contribution in [3.8, 4) is 0 Å². The zero-order valence-electron chi connectivity index (χ0n) is 9.18. The van der Waals surface area contributed by atoms with E-state index in [1.165, 1.54) is 0 Å². The Kier molecular flexibility index (Phi) is 4.99. The van der Waals surface area contributed by atoms with Crippen LogP contribution in [0.2, 0.25) is 0 Å². The molecular formula is C10H22N2O. The van der Waals surface area contributed by atoms with Crippen molar-refractivity contribution in [3.05, 3.63) is 0 Å². The second kappa shape index (κ2) is 5.22. The van der Waals surface area contributed by atoms with Gasteiger partial charge >= 0.3 is 0 Å². The molecule has 78 valence electrons. The maximum atomic E-state index is 10.8. The van der Waals surface area contributed by atoms with E-state index in [-0.39, 0.29) is 17.4 Å². The fraction of sp³-hybridized carbons (Fsp3) is 0.900. The summed E-state index contributed by atoms with van der Waals surface area (Å²) in [4.78, 5) is 10.8. The molecule has 0 aliphatic carbocycles. The van der Waals surface area contributed by atoms with Gasteiger partial charge in [-0.2, -0.15) is 0 Å². The van der Waals surface area contributed by atoms with Crippen LogP contribution in [0.5, 0.6) is 0 Å². The van der Waals surface area contributed by atoms with Crippen molar-refractivity contribution in [2.24, 2.45) is 11.7 Å². The monoisotopic (exact) mass is 186 g/mol. The topological polar surface area (TPSA) is 55.1 Å². The van der Waals surface area contributed by atoms with Gasteiger partial charge in [-0.25, -0.2) is 0 Å². The van der Waals surface area contributed by atoms with Gasteiger partial charge in [0.1, 0.15) is 0 Å². The summed E-state index contributed by atoms with van der Waals surface area (Å²) in [5, 5.41) is 3.34. The quantitative estimate of drug-likeness (QED) is 0.656. The summed E-state index contributed by atoms with van der Waals surface area (Å²) < 4.78 is 0. The van der Waals surface area contributed by atoms with Crippen LogP contribution in [-0.4, -0.2) is 18.0 Å². The van der Waals surface area contributed by atoms with Crippen LogP contribution in [0.25, 0.3) is 0 Å². The SMILES string of the molecule is CCCC(C)(C)NCC(C)C(N)=O. The van der Waals surface area contributed by atoms with Gasteiger partial charge in [0, 0.05) is 18.0 Å². The molecule has 3 N–H and O–H groups in total. The van der Waals surface area contributed by atoms with Crippen LogP contribution in [0.15, 0.2) is 0 Å². The van der Waals surface area contributed by atoms with Gasteiger partial charge in [0.2, 0.25) is 5.91 Å². The molecule has 0 bridgehead atoms.